The summed E-state index contributed by atoms with van der Waals surface area (Å²) in [4.78, 5) is 24.2. The molecule has 0 spiro atoms. The molecular weight excluding hydrogens is 302 g/mol. The van der Waals surface area contributed by atoms with Gasteiger partial charge in [0.05, 0.1) is 18.6 Å². The van der Waals surface area contributed by atoms with Gasteiger partial charge in [-0.3, -0.25) is 9.59 Å². The van der Waals surface area contributed by atoms with E-state index in [1.165, 1.54) is 0 Å². The van der Waals surface area contributed by atoms with Gasteiger partial charge in [-0.25, -0.2) is 0 Å². The molecule has 4 nitrogen and oxygen atoms in total. The highest BCUT2D eigenvalue weighted by Gasteiger charge is 2.29. The molecule has 1 aliphatic rings. The number of halogens is 1. The van der Waals surface area contributed by atoms with Crippen LogP contribution in [0.25, 0.3) is 0 Å². The molecule has 0 aromatic heterocycles. The molecule has 120 valence electrons. The first-order chi connectivity index (χ1) is 10.5. The lowest BCUT2D eigenvalue weighted by molar-refractivity contribution is -0.148. The van der Waals surface area contributed by atoms with Crippen LogP contribution < -0.4 is 5.32 Å². The van der Waals surface area contributed by atoms with Gasteiger partial charge >= 0.3 is 5.97 Å². The number of nitrogens with one attached hydrogen (secondary N) is 1. The van der Waals surface area contributed by atoms with E-state index < -0.39 is 6.04 Å². The molecule has 0 heterocycles. The molecule has 1 N–H and O–H groups in total. The highest BCUT2D eigenvalue weighted by atomic mass is 35.5. The van der Waals surface area contributed by atoms with Gasteiger partial charge in [0.15, 0.2) is 0 Å². The zero-order chi connectivity index (χ0) is 16.1. The standard InChI is InChI=1S/C17H22ClNO3/c1-11(2)22-16(20)10-15(13-8-3-4-9-14(13)18)19-17(21)12-6-5-7-12/h3-4,8-9,11-12,15H,5-7,10H2,1-2H3,(H,19,21)/t15-/m1/s1. The van der Waals surface area contributed by atoms with Gasteiger partial charge in [0, 0.05) is 10.9 Å². The average Bonchev–Trinajstić information content (AvgIpc) is 2.35. The van der Waals surface area contributed by atoms with Crippen LogP contribution in [-0.2, 0) is 14.3 Å². The number of amides is 1. The highest BCUT2D eigenvalue weighted by Crippen LogP contribution is 2.30. The summed E-state index contributed by atoms with van der Waals surface area (Å²) in [5, 5.41) is 3.50. The van der Waals surface area contributed by atoms with Crippen molar-refractivity contribution in [2.45, 2.75) is 51.7 Å². The molecule has 2 rings (SSSR count). The minimum Gasteiger partial charge on any atom is -0.463 e. The van der Waals surface area contributed by atoms with Gasteiger partial charge in [-0.2, -0.15) is 0 Å². The lowest BCUT2D eigenvalue weighted by atomic mass is 9.84. The summed E-state index contributed by atoms with van der Waals surface area (Å²) < 4.78 is 5.19. The smallest absolute Gasteiger partial charge is 0.308 e. The van der Waals surface area contributed by atoms with E-state index in [-0.39, 0.29) is 30.3 Å². The Kier molecular flexibility index (Phi) is 5.83. The third-order valence-corrected chi connectivity index (χ3v) is 4.16. The molecule has 0 unspecified atom stereocenters. The maximum Gasteiger partial charge on any atom is 0.308 e. The molecular formula is C17H22ClNO3. The topological polar surface area (TPSA) is 55.4 Å². The number of benzene rings is 1. The number of ether oxygens (including phenoxy) is 1. The number of hydrogen-bond donors (Lipinski definition) is 1. The highest BCUT2D eigenvalue weighted by molar-refractivity contribution is 6.31. The average molecular weight is 324 g/mol. The summed E-state index contributed by atoms with van der Waals surface area (Å²) in [6.07, 6.45) is 2.82. The van der Waals surface area contributed by atoms with E-state index in [9.17, 15) is 9.59 Å². The Balaban J connectivity index is 2.11. The first kappa shape index (κ1) is 16.8. The van der Waals surface area contributed by atoms with E-state index >= 15 is 0 Å². The number of rotatable bonds is 6. The van der Waals surface area contributed by atoms with Gasteiger partial charge in [-0.1, -0.05) is 36.2 Å². The van der Waals surface area contributed by atoms with Gasteiger partial charge in [-0.15, -0.1) is 0 Å². The molecule has 1 aromatic carbocycles. The lowest BCUT2D eigenvalue weighted by Gasteiger charge is -2.28. The van der Waals surface area contributed by atoms with Crippen molar-refractivity contribution in [2.24, 2.45) is 5.92 Å². The van der Waals surface area contributed by atoms with Crippen molar-refractivity contribution < 1.29 is 14.3 Å². The largest absolute Gasteiger partial charge is 0.463 e. The molecule has 1 atom stereocenters. The third-order valence-electron chi connectivity index (χ3n) is 3.81. The zero-order valence-corrected chi connectivity index (χ0v) is 13.7. The fraction of sp³-hybridized carbons (Fsp3) is 0.529. The molecule has 1 amide bonds. The summed E-state index contributed by atoms with van der Waals surface area (Å²) >= 11 is 6.22. The summed E-state index contributed by atoms with van der Waals surface area (Å²) in [6.45, 7) is 3.60. The van der Waals surface area contributed by atoms with Crippen LogP contribution in [0.1, 0.15) is 51.1 Å². The van der Waals surface area contributed by atoms with Crippen molar-refractivity contribution >= 4 is 23.5 Å². The van der Waals surface area contributed by atoms with Gasteiger partial charge < -0.3 is 10.1 Å². The fourth-order valence-corrected chi connectivity index (χ4v) is 2.70. The fourth-order valence-electron chi connectivity index (χ4n) is 2.43. The van der Waals surface area contributed by atoms with E-state index in [2.05, 4.69) is 5.32 Å². The number of carbonyl (C=O) groups is 2. The van der Waals surface area contributed by atoms with Gasteiger partial charge in [-0.05, 0) is 38.3 Å². The molecule has 1 saturated carbocycles. The van der Waals surface area contributed by atoms with Gasteiger partial charge in [0.1, 0.15) is 0 Å². The van der Waals surface area contributed by atoms with Crippen LogP contribution in [0.4, 0.5) is 0 Å². The lowest BCUT2D eigenvalue weighted by Crippen LogP contribution is -2.38. The number of esters is 1. The molecule has 1 aliphatic carbocycles. The van der Waals surface area contributed by atoms with Gasteiger partial charge in [0.25, 0.3) is 0 Å². The Hall–Kier alpha value is -1.55. The van der Waals surface area contributed by atoms with Crippen molar-refractivity contribution in [1.82, 2.24) is 5.32 Å². The van der Waals surface area contributed by atoms with Crippen LogP contribution in [0.5, 0.6) is 0 Å². The van der Waals surface area contributed by atoms with Crippen molar-refractivity contribution in [2.75, 3.05) is 0 Å². The monoisotopic (exact) mass is 323 g/mol. The second kappa shape index (κ2) is 7.63. The maximum atomic E-state index is 12.2. The predicted octanol–water partition coefficient (Wildman–Crippen LogP) is 3.64. The summed E-state index contributed by atoms with van der Waals surface area (Å²) in [6, 6.07) is 6.80. The minimum absolute atomic E-state index is 0.00600. The van der Waals surface area contributed by atoms with Crippen molar-refractivity contribution in [3.05, 3.63) is 34.9 Å². The number of hydrogen-bond acceptors (Lipinski definition) is 3. The van der Waals surface area contributed by atoms with Crippen LogP contribution in [0.3, 0.4) is 0 Å². The molecule has 0 radical (unpaired) electrons. The normalized spacial score (nSPS) is 16.0. The number of carbonyl (C=O) groups excluding carboxylic acids is 2. The van der Waals surface area contributed by atoms with E-state index in [4.69, 9.17) is 16.3 Å². The summed E-state index contributed by atoms with van der Waals surface area (Å²) in [5.41, 5.74) is 0.748. The second-order valence-electron chi connectivity index (χ2n) is 5.95. The SMILES string of the molecule is CC(C)OC(=O)C[C@@H](NC(=O)C1CCC1)c1ccccc1Cl. The molecule has 5 heteroatoms. The van der Waals surface area contributed by atoms with E-state index in [0.717, 1.165) is 24.8 Å². The summed E-state index contributed by atoms with van der Waals surface area (Å²) in [7, 11) is 0. The second-order valence-corrected chi connectivity index (χ2v) is 6.36. The predicted molar refractivity (Wildman–Crippen MR) is 85.5 cm³/mol. The zero-order valence-electron chi connectivity index (χ0n) is 13.0. The summed E-state index contributed by atoms with van der Waals surface area (Å²) in [5.74, 6) is -0.284. The Labute approximate surface area is 136 Å². The van der Waals surface area contributed by atoms with E-state index in [1.54, 1.807) is 19.9 Å². The van der Waals surface area contributed by atoms with Crippen molar-refractivity contribution in [1.29, 1.82) is 0 Å². The molecule has 0 aliphatic heterocycles. The molecule has 0 bridgehead atoms. The maximum absolute atomic E-state index is 12.2. The van der Waals surface area contributed by atoms with Crippen LogP contribution >= 0.6 is 11.6 Å². The van der Waals surface area contributed by atoms with Crippen LogP contribution in [0.15, 0.2) is 24.3 Å². The van der Waals surface area contributed by atoms with Crippen LogP contribution in [-0.4, -0.2) is 18.0 Å². The quantitative estimate of drug-likeness (QED) is 0.813. The molecule has 0 saturated heterocycles. The first-order valence-corrected chi connectivity index (χ1v) is 8.09. The van der Waals surface area contributed by atoms with Crippen LogP contribution in [0.2, 0.25) is 5.02 Å². The molecule has 1 aromatic rings. The van der Waals surface area contributed by atoms with E-state index in [1.807, 2.05) is 18.2 Å². The van der Waals surface area contributed by atoms with Crippen LogP contribution in [0, 0.1) is 5.92 Å². The Morgan fingerprint density at radius 2 is 2.00 bits per heavy atom. The first-order valence-electron chi connectivity index (χ1n) is 7.71. The Bertz CT molecular complexity index is 540. The molecule has 1 fully saturated rings. The van der Waals surface area contributed by atoms with E-state index in [0.29, 0.717) is 5.02 Å². The molecule has 22 heavy (non-hydrogen) atoms. The third kappa shape index (κ3) is 4.47. The van der Waals surface area contributed by atoms with Crippen molar-refractivity contribution in [3.8, 4) is 0 Å². The van der Waals surface area contributed by atoms with Gasteiger partial charge in [0.2, 0.25) is 5.91 Å². The van der Waals surface area contributed by atoms with Crippen molar-refractivity contribution in [3.63, 3.8) is 0 Å². The Morgan fingerprint density at radius 1 is 1.32 bits per heavy atom. The minimum atomic E-state index is -0.451. The Morgan fingerprint density at radius 3 is 2.55 bits per heavy atom.